The van der Waals surface area contributed by atoms with Crippen LogP contribution in [-0.4, -0.2) is 39.6 Å². The van der Waals surface area contributed by atoms with E-state index in [2.05, 4.69) is 5.32 Å². The summed E-state index contributed by atoms with van der Waals surface area (Å²) < 4.78 is 114. The number of amides is 2. The molecule has 7 nitrogen and oxygen atoms in total. The number of ether oxygens (including phenoxy) is 1. The minimum atomic E-state index is -4.75. The molecule has 2 amide bonds. The van der Waals surface area contributed by atoms with E-state index in [0.29, 0.717) is 11.6 Å². The lowest BCUT2D eigenvalue weighted by Crippen LogP contribution is -2.37. The minimum absolute atomic E-state index is 0.0126. The minimum Gasteiger partial charge on any atom is -0.383 e. The molecule has 1 N–H and O–H groups in total. The highest BCUT2D eigenvalue weighted by atomic mass is 32.2. The van der Waals surface area contributed by atoms with Crippen molar-refractivity contribution in [3.05, 3.63) is 89.5 Å². The van der Waals surface area contributed by atoms with Crippen LogP contribution < -0.4 is 9.50 Å². The number of para-hydroxylation sites is 1. The van der Waals surface area contributed by atoms with Crippen LogP contribution in [0.1, 0.15) is 16.7 Å². The van der Waals surface area contributed by atoms with Crippen molar-refractivity contribution >= 4 is 21.8 Å². The summed E-state index contributed by atoms with van der Waals surface area (Å²) in [6, 6.07) is 12.0. The fourth-order valence-electron chi connectivity index (χ4n) is 3.36. The second-order valence-corrected chi connectivity index (χ2v) is 9.64. The summed E-state index contributed by atoms with van der Waals surface area (Å²) >= 11 is 0. The van der Waals surface area contributed by atoms with Crippen LogP contribution in [0.4, 0.5) is 36.8 Å². The van der Waals surface area contributed by atoms with Gasteiger partial charge in [-0.05, 0) is 48.0 Å². The molecule has 39 heavy (non-hydrogen) atoms. The highest BCUT2D eigenvalue weighted by Gasteiger charge is 2.34. The number of alkyl halides is 6. The van der Waals surface area contributed by atoms with Crippen LogP contribution in [0.5, 0.6) is 5.75 Å². The molecule has 0 spiro atoms. The highest BCUT2D eigenvalue weighted by Crippen LogP contribution is 2.35. The maximum Gasteiger partial charge on any atom is 0.418 e. The van der Waals surface area contributed by atoms with Crippen LogP contribution in [0.3, 0.4) is 0 Å². The maximum absolute atomic E-state index is 13.3. The van der Waals surface area contributed by atoms with Gasteiger partial charge in [-0.2, -0.15) is 34.8 Å². The molecule has 0 radical (unpaired) electrons. The topological polar surface area (TPSA) is 84.9 Å². The molecule has 0 aliphatic rings. The molecule has 0 aliphatic heterocycles. The van der Waals surface area contributed by atoms with Crippen molar-refractivity contribution in [2.45, 2.75) is 23.8 Å². The number of hydrogen-bond acceptors (Lipinski definition) is 5. The molecule has 210 valence electrons. The Hall–Kier alpha value is -3.78. The standard InChI is InChI=1S/C25H22F6N2O5S/c1-37-14-13-33(23(34)32-22-8-3-2-7-21(22)25(29,30)31)16-17-9-11-19(12-10-17)38-39(35,36)20-6-4-5-18(15-20)24(26,27)28/h2-12,15H,13-14,16H2,1H3,(H,32,34). The Labute approximate surface area is 220 Å². The lowest BCUT2D eigenvalue weighted by atomic mass is 10.1. The van der Waals surface area contributed by atoms with E-state index in [9.17, 15) is 39.6 Å². The molecular weight excluding hydrogens is 554 g/mol. The average molecular weight is 577 g/mol. The molecule has 0 fully saturated rings. The van der Waals surface area contributed by atoms with Gasteiger partial charge in [0.1, 0.15) is 10.6 Å². The number of benzene rings is 3. The van der Waals surface area contributed by atoms with Gasteiger partial charge < -0.3 is 19.1 Å². The van der Waals surface area contributed by atoms with Crippen molar-refractivity contribution in [3.63, 3.8) is 0 Å². The zero-order chi connectivity index (χ0) is 28.8. The lowest BCUT2D eigenvalue weighted by Gasteiger charge is -2.24. The monoisotopic (exact) mass is 576 g/mol. The molecule has 0 saturated carbocycles. The first-order valence-electron chi connectivity index (χ1n) is 11.1. The molecule has 0 atom stereocenters. The van der Waals surface area contributed by atoms with Gasteiger partial charge in [-0.25, -0.2) is 4.79 Å². The highest BCUT2D eigenvalue weighted by molar-refractivity contribution is 7.87. The number of anilines is 1. The van der Waals surface area contributed by atoms with Gasteiger partial charge in [0.25, 0.3) is 0 Å². The smallest absolute Gasteiger partial charge is 0.383 e. The number of rotatable bonds is 9. The van der Waals surface area contributed by atoms with Gasteiger partial charge in [0.05, 0.1) is 23.4 Å². The van der Waals surface area contributed by atoms with E-state index >= 15 is 0 Å². The van der Waals surface area contributed by atoms with Crippen LogP contribution in [0.25, 0.3) is 0 Å². The van der Waals surface area contributed by atoms with Crippen LogP contribution in [0, 0.1) is 0 Å². The molecule has 3 aromatic rings. The number of nitrogens with zero attached hydrogens (tertiary/aromatic N) is 1. The van der Waals surface area contributed by atoms with Crippen molar-refractivity contribution in [2.24, 2.45) is 0 Å². The van der Waals surface area contributed by atoms with Gasteiger partial charge in [-0.3, -0.25) is 0 Å². The van der Waals surface area contributed by atoms with Crippen LogP contribution >= 0.6 is 0 Å². The summed E-state index contributed by atoms with van der Waals surface area (Å²) in [5.41, 5.74) is -2.15. The van der Waals surface area contributed by atoms with Gasteiger partial charge >= 0.3 is 28.5 Å². The summed E-state index contributed by atoms with van der Waals surface area (Å²) in [5, 5.41) is 2.25. The van der Waals surface area contributed by atoms with Crippen molar-refractivity contribution in [1.82, 2.24) is 4.90 Å². The Bertz CT molecular complexity index is 1390. The number of carbonyl (C=O) groups is 1. The zero-order valence-electron chi connectivity index (χ0n) is 20.2. The molecule has 0 heterocycles. The number of halogens is 6. The van der Waals surface area contributed by atoms with E-state index in [1.165, 1.54) is 48.4 Å². The van der Waals surface area contributed by atoms with Crippen molar-refractivity contribution < 1.29 is 48.5 Å². The van der Waals surface area contributed by atoms with E-state index in [1.54, 1.807) is 0 Å². The Morgan fingerprint density at radius 2 is 1.56 bits per heavy atom. The van der Waals surface area contributed by atoms with E-state index < -0.39 is 50.2 Å². The SMILES string of the molecule is COCCN(Cc1ccc(OS(=O)(=O)c2cccc(C(F)(F)F)c2)cc1)C(=O)Nc1ccccc1C(F)(F)F. The van der Waals surface area contributed by atoms with Crippen LogP contribution in [0.15, 0.2) is 77.7 Å². The van der Waals surface area contributed by atoms with Gasteiger partial charge in [0, 0.05) is 20.2 Å². The third kappa shape index (κ3) is 8.10. The Morgan fingerprint density at radius 3 is 2.18 bits per heavy atom. The molecule has 0 unspecified atom stereocenters. The second kappa shape index (κ2) is 11.9. The van der Waals surface area contributed by atoms with Gasteiger partial charge in [-0.15, -0.1) is 0 Å². The largest absolute Gasteiger partial charge is 0.418 e. The number of nitrogens with one attached hydrogen (secondary N) is 1. The Morgan fingerprint density at radius 1 is 0.897 bits per heavy atom. The van der Waals surface area contributed by atoms with Crippen LogP contribution in [0.2, 0.25) is 0 Å². The second-order valence-electron chi connectivity index (χ2n) is 8.09. The summed E-state index contributed by atoms with van der Waals surface area (Å²) in [5.74, 6) is -0.205. The first-order chi connectivity index (χ1) is 18.2. The zero-order valence-corrected chi connectivity index (χ0v) is 21.0. The predicted octanol–water partition coefficient (Wildman–Crippen LogP) is 6.17. The van der Waals surface area contributed by atoms with Crippen LogP contribution in [-0.2, 0) is 33.8 Å². The molecule has 14 heteroatoms. The Kier molecular flexibility index (Phi) is 9.12. The van der Waals surface area contributed by atoms with Crippen molar-refractivity contribution in [1.29, 1.82) is 0 Å². The molecule has 0 aromatic heterocycles. The lowest BCUT2D eigenvalue weighted by molar-refractivity contribution is -0.138. The number of carbonyl (C=O) groups excluding carboxylic acids is 1. The quantitative estimate of drug-likeness (QED) is 0.243. The fourth-order valence-corrected chi connectivity index (χ4v) is 4.34. The molecule has 0 bridgehead atoms. The summed E-state index contributed by atoms with van der Waals surface area (Å²) in [6.07, 6.45) is -9.44. The van der Waals surface area contributed by atoms with Gasteiger partial charge in [0.2, 0.25) is 0 Å². The van der Waals surface area contributed by atoms with E-state index in [0.717, 1.165) is 30.3 Å². The van der Waals surface area contributed by atoms with Gasteiger partial charge in [-0.1, -0.05) is 30.3 Å². The normalized spacial score (nSPS) is 12.2. The molecule has 3 aromatic carbocycles. The third-order valence-electron chi connectivity index (χ3n) is 5.28. The maximum atomic E-state index is 13.3. The first kappa shape index (κ1) is 29.8. The average Bonchev–Trinajstić information content (AvgIpc) is 2.86. The van der Waals surface area contributed by atoms with Crippen molar-refractivity contribution in [3.8, 4) is 5.75 Å². The molecular formula is C25H22F6N2O5S. The molecule has 0 saturated heterocycles. The third-order valence-corrected chi connectivity index (χ3v) is 6.52. The van der Waals surface area contributed by atoms with Gasteiger partial charge in [0.15, 0.2) is 0 Å². The number of methoxy groups -OCH3 is 1. The number of hydrogen-bond donors (Lipinski definition) is 1. The molecule has 0 aliphatic carbocycles. The predicted molar refractivity (Wildman–Crippen MR) is 128 cm³/mol. The van der Waals surface area contributed by atoms with E-state index in [4.69, 9.17) is 8.92 Å². The number of urea groups is 1. The molecule has 3 rings (SSSR count). The van der Waals surface area contributed by atoms with E-state index in [-0.39, 0.29) is 25.4 Å². The fraction of sp³-hybridized carbons (Fsp3) is 0.240. The summed E-state index contributed by atoms with van der Waals surface area (Å²) in [6.45, 7) is -0.00645. The first-order valence-corrected chi connectivity index (χ1v) is 12.5. The van der Waals surface area contributed by atoms with Crippen molar-refractivity contribution in [2.75, 3.05) is 25.6 Å². The summed E-state index contributed by atoms with van der Waals surface area (Å²) in [7, 11) is -3.21. The summed E-state index contributed by atoms with van der Waals surface area (Å²) in [4.78, 5) is 13.3. The van der Waals surface area contributed by atoms with E-state index in [1.807, 2.05) is 0 Å². The Balaban J connectivity index is 1.74.